The molecule has 0 aromatic heterocycles. The van der Waals surface area contributed by atoms with E-state index in [2.05, 4.69) is 0 Å². The second-order valence-electron chi connectivity index (χ2n) is 5.33. The molecule has 1 heterocycles. The van der Waals surface area contributed by atoms with Crippen molar-refractivity contribution in [2.45, 2.75) is 31.7 Å². The first-order valence-corrected chi connectivity index (χ1v) is 7.06. The number of amides is 1. The molecule has 2 rings (SSSR count). The van der Waals surface area contributed by atoms with Gasteiger partial charge in [0.25, 0.3) is 5.69 Å². The molecule has 1 aliphatic heterocycles. The minimum atomic E-state index is -0.614. The van der Waals surface area contributed by atoms with Crippen LogP contribution in [0.1, 0.15) is 37.3 Å². The molecule has 0 saturated carbocycles. The van der Waals surface area contributed by atoms with Gasteiger partial charge in [-0.1, -0.05) is 6.07 Å². The van der Waals surface area contributed by atoms with Gasteiger partial charge >= 0.3 is 0 Å². The standard InChI is InChI=1S/C14H20N4O3/c15-11(9-14(16)19)10-4-5-12(13(8-10)18(20)21)17-6-2-1-3-7-17/h4-5,8,11H,1-3,6-7,9,15H2,(H2,16,19). The smallest absolute Gasteiger partial charge is 0.292 e. The van der Waals surface area contributed by atoms with Crippen molar-refractivity contribution in [3.63, 3.8) is 0 Å². The highest BCUT2D eigenvalue weighted by molar-refractivity contribution is 5.75. The molecule has 21 heavy (non-hydrogen) atoms. The van der Waals surface area contributed by atoms with E-state index in [0.717, 1.165) is 32.4 Å². The summed E-state index contributed by atoms with van der Waals surface area (Å²) in [5.74, 6) is -0.523. The number of nitro groups is 1. The molecule has 114 valence electrons. The SMILES string of the molecule is NC(=O)CC(N)c1ccc(N2CCCCC2)c([N+](=O)[O-])c1. The van der Waals surface area contributed by atoms with E-state index in [4.69, 9.17) is 11.5 Å². The van der Waals surface area contributed by atoms with Crippen LogP contribution in [0, 0.1) is 10.1 Å². The lowest BCUT2D eigenvalue weighted by Crippen LogP contribution is -2.30. The summed E-state index contributed by atoms with van der Waals surface area (Å²) in [4.78, 5) is 23.9. The summed E-state index contributed by atoms with van der Waals surface area (Å²) in [7, 11) is 0. The van der Waals surface area contributed by atoms with Gasteiger partial charge < -0.3 is 16.4 Å². The molecule has 1 unspecified atom stereocenters. The first-order valence-electron chi connectivity index (χ1n) is 7.06. The quantitative estimate of drug-likeness (QED) is 0.629. The van der Waals surface area contributed by atoms with Crippen LogP contribution in [0.5, 0.6) is 0 Å². The van der Waals surface area contributed by atoms with Crippen LogP contribution >= 0.6 is 0 Å². The van der Waals surface area contributed by atoms with E-state index in [0.29, 0.717) is 11.3 Å². The molecule has 1 atom stereocenters. The van der Waals surface area contributed by atoms with Crippen molar-refractivity contribution in [2.24, 2.45) is 11.5 Å². The Labute approximate surface area is 123 Å². The summed E-state index contributed by atoms with van der Waals surface area (Å²) >= 11 is 0. The average Bonchev–Trinajstić information content (AvgIpc) is 2.46. The lowest BCUT2D eigenvalue weighted by Gasteiger charge is -2.28. The van der Waals surface area contributed by atoms with Crippen molar-refractivity contribution < 1.29 is 9.72 Å². The summed E-state index contributed by atoms with van der Waals surface area (Å²) < 4.78 is 0. The lowest BCUT2D eigenvalue weighted by molar-refractivity contribution is -0.384. The van der Waals surface area contributed by atoms with Crippen molar-refractivity contribution >= 4 is 17.3 Å². The van der Waals surface area contributed by atoms with Crippen LogP contribution in [-0.2, 0) is 4.79 Å². The fraction of sp³-hybridized carbons (Fsp3) is 0.500. The Morgan fingerprint density at radius 3 is 2.57 bits per heavy atom. The predicted molar refractivity (Wildman–Crippen MR) is 79.9 cm³/mol. The number of anilines is 1. The summed E-state index contributed by atoms with van der Waals surface area (Å²) in [6, 6.07) is 4.30. The van der Waals surface area contributed by atoms with Crippen molar-refractivity contribution in [2.75, 3.05) is 18.0 Å². The Hall–Kier alpha value is -2.15. The maximum atomic E-state index is 11.3. The molecule has 0 radical (unpaired) electrons. The monoisotopic (exact) mass is 292 g/mol. The topological polar surface area (TPSA) is 115 Å². The zero-order chi connectivity index (χ0) is 15.4. The summed E-state index contributed by atoms with van der Waals surface area (Å²) in [5.41, 5.74) is 12.2. The van der Waals surface area contributed by atoms with E-state index < -0.39 is 16.9 Å². The van der Waals surface area contributed by atoms with Crippen LogP contribution in [0.3, 0.4) is 0 Å². The van der Waals surface area contributed by atoms with Gasteiger partial charge in [-0.3, -0.25) is 14.9 Å². The fourth-order valence-electron chi connectivity index (χ4n) is 2.65. The van der Waals surface area contributed by atoms with Gasteiger partial charge in [-0.15, -0.1) is 0 Å². The van der Waals surface area contributed by atoms with E-state index >= 15 is 0 Å². The molecule has 1 saturated heterocycles. The number of rotatable bonds is 5. The van der Waals surface area contributed by atoms with E-state index in [-0.39, 0.29) is 12.1 Å². The van der Waals surface area contributed by atoms with Gasteiger partial charge in [-0.25, -0.2) is 0 Å². The second kappa shape index (κ2) is 6.53. The molecule has 4 N–H and O–H groups in total. The van der Waals surface area contributed by atoms with Crippen LogP contribution in [0.4, 0.5) is 11.4 Å². The van der Waals surface area contributed by atoms with E-state index in [1.165, 1.54) is 6.07 Å². The highest BCUT2D eigenvalue weighted by Gasteiger charge is 2.23. The van der Waals surface area contributed by atoms with E-state index in [1.807, 2.05) is 4.90 Å². The van der Waals surface area contributed by atoms with Crippen molar-refractivity contribution in [3.05, 3.63) is 33.9 Å². The van der Waals surface area contributed by atoms with Crippen LogP contribution in [0.2, 0.25) is 0 Å². The van der Waals surface area contributed by atoms with Gasteiger partial charge in [0, 0.05) is 31.6 Å². The molecule has 7 heteroatoms. The molecule has 0 bridgehead atoms. The summed E-state index contributed by atoms with van der Waals surface area (Å²) in [5, 5.41) is 11.3. The maximum absolute atomic E-state index is 11.3. The van der Waals surface area contributed by atoms with Gasteiger partial charge in [0.05, 0.1) is 4.92 Å². The van der Waals surface area contributed by atoms with E-state index in [9.17, 15) is 14.9 Å². The Balaban J connectivity index is 2.30. The normalized spacial score (nSPS) is 16.5. The Morgan fingerprint density at radius 2 is 2.00 bits per heavy atom. The molecular formula is C14H20N4O3. The Kier molecular flexibility index (Phi) is 4.74. The van der Waals surface area contributed by atoms with Gasteiger partial charge in [0.2, 0.25) is 5.91 Å². The third-order valence-corrected chi connectivity index (χ3v) is 3.74. The van der Waals surface area contributed by atoms with Crippen molar-refractivity contribution in [1.29, 1.82) is 0 Å². The van der Waals surface area contributed by atoms with Crippen LogP contribution < -0.4 is 16.4 Å². The van der Waals surface area contributed by atoms with Crippen LogP contribution in [0.15, 0.2) is 18.2 Å². The number of carbonyl (C=O) groups is 1. The van der Waals surface area contributed by atoms with Gasteiger partial charge in [0.15, 0.2) is 0 Å². The molecule has 0 aliphatic carbocycles. The number of primary amides is 1. The summed E-state index contributed by atoms with van der Waals surface area (Å²) in [6.45, 7) is 1.65. The van der Waals surface area contributed by atoms with Crippen molar-refractivity contribution in [1.82, 2.24) is 0 Å². The molecule has 1 amide bonds. The second-order valence-corrected chi connectivity index (χ2v) is 5.33. The number of nitro benzene ring substituents is 1. The predicted octanol–water partition coefficient (Wildman–Crippen LogP) is 1.46. The molecule has 0 spiro atoms. The molecule has 7 nitrogen and oxygen atoms in total. The van der Waals surface area contributed by atoms with Crippen molar-refractivity contribution in [3.8, 4) is 0 Å². The summed E-state index contributed by atoms with van der Waals surface area (Å²) in [6.07, 6.45) is 3.21. The molecule has 1 aromatic carbocycles. The third-order valence-electron chi connectivity index (χ3n) is 3.74. The minimum absolute atomic E-state index is 0.0276. The first-order chi connectivity index (χ1) is 9.99. The number of nitrogens with zero attached hydrogens (tertiary/aromatic N) is 2. The Morgan fingerprint density at radius 1 is 1.33 bits per heavy atom. The van der Waals surface area contributed by atoms with Gasteiger partial charge in [0.1, 0.15) is 5.69 Å². The Bertz CT molecular complexity index is 541. The van der Waals surface area contributed by atoms with Gasteiger partial charge in [-0.05, 0) is 30.9 Å². The zero-order valence-corrected chi connectivity index (χ0v) is 11.8. The molecular weight excluding hydrogens is 272 g/mol. The third kappa shape index (κ3) is 3.69. The van der Waals surface area contributed by atoms with Crippen LogP contribution in [-0.4, -0.2) is 23.9 Å². The molecule has 1 aromatic rings. The average molecular weight is 292 g/mol. The molecule has 1 fully saturated rings. The van der Waals surface area contributed by atoms with E-state index in [1.54, 1.807) is 12.1 Å². The first kappa shape index (κ1) is 15.2. The zero-order valence-electron chi connectivity index (χ0n) is 11.8. The number of benzene rings is 1. The molecule has 1 aliphatic rings. The van der Waals surface area contributed by atoms with Gasteiger partial charge in [-0.2, -0.15) is 0 Å². The number of carbonyl (C=O) groups excluding carboxylic acids is 1. The lowest BCUT2D eigenvalue weighted by atomic mass is 10.0. The highest BCUT2D eigenvalue weighted by atomic mass is 16.6. The number of piperidine rings is 1. The number of hydrogen-bond acceptors (Lipinski definition) is 5. The van der Waals surface area contributed by atoms with Crippen LogP contribution in [0.25, 0.3) is 0 Å². The number of hydrogen-bond donors (Lipinski definition) is 2. The largest absolute Gasteiger partial charge is 0.370 e. The number of nitrogens with two attached hydrogens (primary N) is 2. The maximum Gasteiger partial charge on any atom is 0.292 e. The fourth-order valence-corrected chi connectivity index (χ4v) is 2.65. The minimum Gasteiger partial charge on any atom is -0.370 e. The highest BCUT2D eigenvalue weighted by Crippen LogP contribution is 2.32.